The van der Waals surface area contributed by atoms with E-state index in [0.717, 1.165) is 6.92 Å². The van der Waals surface area contributed by atoms with Crippen LogP contribution in [0.4, 0.5) is 57.1 Å². The van der Waals surface area contributed by atoms with Gasteiger partial charge >= 0.3 is 59.7 Å². The second-order valence-corrected chi connectivity index (χ2v) is 10.8. The van der Waals surface area contributed by atoms with Crippen LogP contribution in [0, 0.1) is 23.7 Å². The van der Waals surface area contributed by atoms with Crippen molar-refractivity contribution in [3.8, 4) is 0 Å². The Balaban J connectivity index is 1.94. The Kier molecular flexibility index (Phi) is 9.00. The lowest BCUT2D eigenvalue weighted by atomic mass is 9.78. The molecule has 2 bridgehead atoms. The summed E-state index contributed by atoms with van der Waals surface area (Å²) in [5.41, 5.74) is -8.33. The van der Waals surface area contributed by atoms with Crippen molar-refractivity contribution in [1.82, 2.24) is 0 Å². The Morgan fingerprint density at radius 3 is 1.93 bits per heavy atom. The average molecular weight is 684 g/mol. The lowest BCUT2D eigenvalue weighted by Gasteiger charge is -2.40. The molecule has 3 rings (SSSR count). The van der Waals surface area contributed by atoms with Gasteiger partial charge in [0.25, 0.3) is 0 Å². The van der Waals surface area contributed by atoms with Crippen LogP contribution in [0.2, 0.25) is 0 Å². The third kappa shape index (κ3) is 6.01. The number of ether oxygens (including phenoxy) is 4. The van der Waals surface area contributed by atoms with E-state index >= 15 is 0 Å². The van der Waals surface area contributed by atoms with Crippen LogP contribution in [0.1, 0.15) is 26.7 Å². The van der Waals surface area contributed by atoms with Crippen molar-refractivity contribution in [1.29, 1.82) is 0 Å². The van der Waals surface area contributed by atoms with Crippen molar-refractivity contribution in [3.05, 3.63) is 12.2 Å². The maximum Gasteiger partial charge on any atom is 0.438 e. The highest BCUT2D eigenvalue weighted by molar-refractivity contribution is 5.87. The zero-order chi connectivity index (χ0) is 34.9. The van der Waals surface area contributed by atoms with Gasteiger partial charge in [0.2, 0.25) is 0 Å². The molecule has 2 aliphatic carbocycles. The molecular formula is C24H21F13O8. The number of halogens is 13. The van der Waals surface area contributed by atoms with Crippen molar-refractivity contribution in [2.75, 3.05) is 6.61 Å². The van der Waals surface area contributed by atoms with Gasteiger partial charge in [-0.3, -0.25) is 9.59 Å². The van der Waals surface area contributed by atoms with Crippen LogP contribution in [0.5, 0.6) is 0 Å². The van der Waals surface area contributed by atoms with Gasteiger partial charge in [-0.2, -0.15) is 52.7 Å². The molecule has 45 heavy (non-hydrogen) atoms. The number of carbonyl (C=O) groups is 4. The number of hydrogen-bond donors (Lipinski definition) is 0. The first-order valence-electron chi connectivity index (χ1n) is 12.5. The summed E-state index contributed by atoms with van der Waals surface area (Å²) in [6, 6.07) is 0. The summed E-state index contributed by atoms with van der Waals surface area (Å²) in [5, 5.41) is 0. The van der Waals surface area contributed by atoms with Crippen LogP contribution in [0.15, 0.2) is 12.2 Å². The lowest BCUT2D eigenvalue weighted by Crippen LogP contribution is -2.70. The Labute approximate surface area is 243 Å². The molecule has 0 aromatic rings. The average Bonchev–Trinajstić information content (AvgIpc) is 3.47. The van der Waals surface area contributed by atoms with Gasteiger partial charge in [-0.1, -0.05) is 6.58 Å². The van der Waals surface area contributed by atoms with Gasteiger partial charge < -0.3 is 18.9 Å². The minimum atomic E-state index is -7.83. The minimum Gasteiger partial charge on any atom is -0.458 e. The topological polar surface area (TPSA) is 105 Å². The molecule has 2 saturated carbocycles. The quantitative estimate of drug-likeness (QED) is 0.131. The van der Waals surface area contributed by atoms with Crippen LogP contribution < -0.4 is 0 Å². The molecule has 0 aromatic heterocycles. The third-order valence-corrected chi connectivity index (χ3v) is 7.61. The number of carbonyl (C=O) groups excluding carboxylic acids is 4. The number of alkyl halides is 13. The zero-order valence-electron chi connectivity index (χ0n) is 22.5. The highest BCUT2D eigenvalue weighted by Gasteiger charge is 2.90. The van der Waals surface area contributed by atoms with Gasteiger partial charge in [0, 0.05) is 24.3 Å². The van der Waals surface area contributed by atoms with E-state index in [4.69, 9.17) is 4.74 Å². The molecule has 0 aromatic carbocycles. The number of esters is 4. The molecule has 0 spiro atoms. The van der Waals surface area contributed by atoms with Crippen molar-refractivity contribution in [2.45, 2.75) is 80.8 Å². The van der Waals surface area contributed by atoms with Gasteiger partial charge in [0.05, 0.1) is 18.3 Å². The van der Waals surface area contributed by atoms with E-state index in [0.29, 0.717) is 0 Å². The predicted octanol–water partition coefficient (Wildman–Crippen LogP) is 4.89. The number of rotatable bonds is 11. The Bertz CT molecular complexity index is 1220. The number of fused-ring (bicyclic) bond motifs is 1. The summed E-state index contributed by atoms with van der Waals surface area (Å²) in [7, 11) is 0. The summed E-state index contributed by atoms with van der Waals surface area (Å²) >= 11 is 0. The maximum atomic E-state index is 14.7. The molecule has 7 unspecified atom stereocenters. The molecule has 0 N–H and O–H groups in total. The van der Waals surface area contributed by atoms with Crippen LogP contribution in [-0.4, -0.2) is 84.6 Å². The van der Waals surface area contributed by atoms with Crippen molar-refractivity contribution in [2.24, 2.45) is 23.7 Å². The Hall–Kier alpha value is -3.29. The van der Waals surface area contributed by atoms with Crippen molar-refractivity contribution >= 4 is 23.9 Å². The highest BCUT2D eigenvalue weighted by Crippen LogP contribution is 2.61. The lowest BCUT2D eigenvalue weighted by molar-refractivity contribution is -0.428. The molecule has 0 amide bonds. The van der Waals surface area contributed by atoms with Crippen molar-refractivity contribution in [3.63, 3.8) is 0 Å². The van der Waals surface area contributed by atoms with E-state index in [9.17, 15) is 76.3 Å². The monoisotopic (exact) mass is 684 g/mol. The largest absolute Gasteiger partial charge is 0.458 e. The second kappa shape index (κ2) is 11.2. The fourth-order valence-electron chi connectivity index (χ4n) is 5.55. The fraction of sp³-hybridized carbons (Fsp3) is 0.750. The normalized spacial score (nSPS) is 27.6. The summed E-state index contributed by atoms with van der Waals surface area (Å²) in [6.07, 6.45) is -24.7. The molecule has 1 saturated heterocycles. The van der Waals surface area contributed by atoms with Crippen LogP contribution >= 0.6 is 0 Å². The zero-order valence-corrected chi connectivity index (χ0v) is 22.5. The summed E-state index contributed by atoms with van der Waals surface area (Å²) < 4.78 is 195. The Morgan fingerprint density at radius 1 is 0.933 bits per heavy atom. The first-order chi connectivity index (χ1) is 20.1. The third-order valence-electron chi connectivity index (χ3n) is 7.61. The van der Waals surface area contributed by atoms with Gasteiger partial charge in [0.15, 0.2) is 0 Å². The molecule has 21 heteroatoms. The smallest absolute Gasteiger partial charge is 0.438 e. The van der Waals surface area contributed by atoms with E-state index in [-0.39, 0.29) is 13.3 Å². The van der Waals surface area contributed by atoms with Crippen LogP contribution in [0.3, 0.4) is 0 Å². The summed E-state index contributed by atoms with van der Waals surface area (Å²) in [4.78, 5) is 49.0. The SMILES string of the molecule is C=C(C)C(=O)OCC(CC(F)(F)C(F)(F)C(F)(C(F)(F)F)C(F)(F)F)OC(=O)C1C2CC3C(OC(=O)C31)C2OC(=O)C(C)(F)F. The predicted molar refractivity (Wildman–Crippen MR) is 115 cm³/mol. The van der Waals surface area contributed by atoms with Gasteiger partial charge in [-0.05, 0) is 13.3 Å². The van der Waals surface area contributed by atoms with E-state index in [1.165, 1.54) is 0 Å². The molecule has 3 aliphatic rings. The summed E-state index contributed by atoms with van der Waals surface area (Å²) in [6.45, 7) is 2.42. The first-order valence-corrected chi connectivity index (χ1v) is 12.5. The molecule has 8 nitrogen and oxygen atoms in total. The van der Waals surface area contributed by atoms with Gasteiger partial charge in [0.1, 0.15) is 24.9 Å². The van der Waals surface area contributed by atoms with E-state index in [1.807, 2.05) is 0 Å². The standard InChI is InChI=1S/C24H21F13O8/c1-7(2)15(38)42-6-8(5-20(27,28)22(30,31)21(29,23(32,33)34)24(35,36)37)43-16(39)11-10-4-9-12(11)17(40)44-13(9)14(10)45-18(41)19(3,25)26/h8-14H,1,4-6H2,2-3H3. The number of hydrogen-bond acceptors (Lipinski definition) is 8. The van der Waals surface area contributed by atoms with Crippen molar-refractivity contribution < 1.29 is 95.2 Å². The van der Waals surface area contributed by atoms with E-state index in [1.54, 1.807) is 0 Å². The highest BCUT2D eigenvalue weighted by atomic mass is 19.4. The van der Waals surface area contributed by atoms with Gasteiger partial charge in [-0.25, -0.2) is 14.0 Å². The van der Waals surface area contributed by atoms with Crippen LogP contribution in [0.25, 0.3) is 0 Å². The Morgan fingerprint density at radius 2 is 1.47 bits per heavy atom. The molecule has 3 fully saturated rings. The van der Waals surface area contributed by atoms with E-state index < -0.39 is 120 Å². The molecule has 1 aliphatic heterocycles. The molecule has 256 valence electrons. The van der Waals surface area contributed by atoms with Crippen LogP contribution in [-0.2, 0) is 38.1 Å². The molecular weight excluding hydrogens is 663 g/mol. The minimum absolute atomic E-state index is 0.133. The summed E-state index contributed by atoms with van der Waals surface area (Å²) in [5.74, 6) is -30.9. The van der Waals surface area contributed by atoms with Gasteiger partial charge in [-0.15, -0.1) is 0 Å². The van der Waals surface area contributed by atoms with E-state index in [2.05, 4.69) is 20.8 Å². The molecule has 0 radical (unpaired) electrons. The maximum absolute atomic E-state index is 14.7. The molecule has 7 atom stereocenters. The second-order valence-electron chi connectivity index (χ2n) is 10.8. The molecule has 1 heterocycles. The fourth-order valence-corrected chi connectivity index (χ4v) is 5.55. The first kappa shape index (κ1) is 36.2.